The molecule has 0 aliphatic heterocycles. The number of hydrogen-bond donors (Lipinski definition) is 0. The minimum absolute atomic E-state index is 0.335. The summed E-state index contributed by atoms with van der Waals surface area (Å²) in [6, 6.07) is 32.3. The number of para-hydroxylation sites is 1. The molecule has 0 unspecified atom stereocenters. The molecule has 0 bridgehead atoms. The molecule has 4 rings (SSSR count). The molecule has 0 radical (unpaired) electrons. The molecule has 27 heavy (non-hydrogen) atoms. The highest BCUT2D eigenvalue weighted by atomic mass is 16.5. The van der Waals surface area contributed by atoms with Gasteiger partial charge in [-0.05, 0) is 47.9 Å². The zero-order chi connectivity index (χ0) is 18.6. The summed E-state index contributed by atoms with van der Waals surface area (Å²) in [6.07, 6.45) is 0. The Morgan fingerprint density at radius 3 is 2.07 bits per heavy atom. The van der Waals surface area contributed by atoms with Gasteiger partial charge in [0.1, 0.15) is 0 Å². The Hall–Kier alpha value is -3.59. The summed E-state index contributed by atoms with van der Waals surface area (Å²) in [5, 5.41) is 2.35. The van der Waals surface area contributed by atoms with Gasteiger partial charge in [0.15, 0.2) is 0 Å². The van der Waals surface area contributed by atoms with Crippen LogP contribution in [-0.2, 0) is 4.74 Å². The summed E-state index contributed by atoms with van der Waals surface area (Å²) in [4.78, 5) is 14.0. The van der Waals surface area contributed by atoms with Gasteiger partial charge in [-0.15, -0.1) is 0 Å². The molecule has 0 atom stereocenters. The third-order valence-corrected chi connectivity index (χ3v) is 4.57. The Morgan fingerprint density at radius 1 is 0.704 bits per heavy atom. The van der Waals surface area contributed by atoms with E-state index in [1.54, 1.807) is 12.1 Å². The first-order valence-electron chi connectivity index (χ1n) is 8.79. The van der Waals surface area contributed by atoms with E-state index in [0.29, 0.717) is 5.56 Å². The molecule has 0 heterocycles. The quantitative estimate of drug-likeness (QED) is 0.415. The van der Waals surface area contributed by atoms with Gasteiger partial charge in [-0.1, -0.05) is 54.6 Å². The lowest BCUT2D eigenvalue weighted by Crippen LogP contribution is -2.11. The lowest BCUT2D eigenvalue weighted by molar-refractivity contribution is 0.0601. The van der Waals surface area contributed by atoms with E-state index < -0.39 is 0 Å². The molecular formula is C24H19NO2. The van der Waals surface area contributed by atoms with Crippen molar-refractivity contribution in [3.05, 3.63) is 103 Å². The van der Waals surface area contributed by atoms with Crippen molar-refractivity contribution < 1.29 is 9.53 Å². The van der Waals surface area contributed by atoms with Crippen molar-refractivity contribution in [2.75, 3.05) is 12.0 Å². The second-order valence-corrected chi connectivity index (χ2v) is 6.21. The minimum Gasteiger partial charge on any atom is -0.465 e. The van der Waals surface area contributed by atoms with Gasteiger partial charge in [0, 0.05) is 16.8 Å². The molecule has 0 aromatic heterocycles. The Kier molecular flexibility index (Phi) is 4.58. The average molecular weight is 353 g/mol. The highest BCUT2D eigenvalue weighted by molar-refractivity contribution is 5.99. The van der Waals surface area contributed by atoms with Crippen LogP contribution in [0.1, 0.15) is 10.4 Å². The van der Waals surface area contributed by atoms with Gasteiger partial charge in [-0.3, -0.25) is 0 Å². The monoisotopic (exact) mass is 353 g/mol. The van der Waals surface area contributed by atoms with E-state index >= 15 is 0 Å². The number of carbonyl (C=O) groups excluding carboxylic acids is 1. The van der Waals surface area contributed by atoms with Crippen molar-refractivity contribution in [3.63, 3.8) is 0 Å². The van der Waals surface area contributed by atoms with Gasteiger partial charge in [-0.25, -0.2) is 4.79 Å². The summed E-state index contributed by atoms with van der Waals surface area (Å²) < 4.78 is 4.81. The van der Waals surface area contributed by atoms with Crippen LogP contribution >= 0.6 is 0 Å². The first-order valence-corrected chi connectivity index (χ1v) is 8.79. The summed E-state index contributed by atoms with van der Waals surface area (Å²) >= 11 is 0. The molecule has 0 aliphatic carbocycles. The molecule has 0 N–H and O–H groups in total. The number of methoxy groups -OCH3 is 1. The lowest BCUT2D eigenvalue weighted by atomic mass is 10.1. The van der Waals surface area contributed by atoms with E-state index in [4.69, 9.17) is 4.74 Å². The third kappa shape index (κ3) is 3.27. The lowest BCUT2D eigenvalue weighted by Gasteiger charge is -2.27. The highest BCUT2D eigenvalue weighted by Crippen LogP contribution is 2.38. The summed E-state index contributed by atoms with van der Waals surface area (Å²) in [7, 11) is 1.39. The molecule has 3 nitrogen and oxygen atoms in total. The maximum Gasteiger partial charge on any atom is 0.337 e. The van der Waals surface area contributed by atoms with Crippen molar-refractivity contribution in [3.8, 4) is 0 Å². The van der Waals surface area contributed by atoms with Gasteiger partial charge in [-0.2, -0.15) is 0 Å². The number of anilines is 3. The van der Waals surface area contributed by atoms with Crippen molar-refractivity contribution in [2.24, 2.45) is 0 Å². The normalized spacial score (nSPS) is 10.6. The molecular weight excluding hydrogens is 334 g/mol. The van der Waals surface area contributed by atoms with Crippen LogP contribution in [0.4, 0.5) is 17.1 Å². The van der Waals surface area contributed by atoms with E-state index in [-0.39, 0.29) is 5.97 Å². The van der Waals surface area contributed by atoms with Crippen LogP contribution < -0.4 is 4.90 Å². The Balaban J connectivity index is 1.89. The predicted molar refractivity (Wildman–Crippen MR) is 110 cm³/mol. The smallest absolute Gasteiger partial charge is 0.337 e. The van der Waals surface area contributed by atoms with Gasteiger partial charge in [0.25, 0.3) is 0 Å². The molecule has 4 aromatic rings. The first kappa shape index (κ1) is 16.9. The minimum atomic E-state index is -0.335. The fraction of sp³-hybridized carbons (Fsp3) is 0.0417. The SMILES string of the molecule is COC(=O)c1ccc(N(c2ccccc2)c2cccc3ccccc23)cc1. The highest BCUT2D eigenvalue weighted by Gasteiger charge is 2.15. The zero-order valence-electron chi connectivity index (χ0n) is 15.0. The molecule has 4 aromatic carbocycles. The Bertz CT molecular complexity index is 1070. The van der Waals surface area contributed by atoms with Crippen LogP contribution in [0.15, 0.2) is 97.1 Å². The number of carbonyl (C=O) groups is 1. The van der Waals surface area contributed by atoms with Crippen molar-refractivity contribution in [1.82, 2.24) is 0 Å². The van der Waals surface area contributed by atoms with E-state index in [9.17, 15) is 4.79 Å². The van der Waals surface area contributed by atoms with Crippen molar-refractivity contribution in [1.29, 1.82) is 0 Å². The van der Waals surface area contributed by atoms with Crippen LogP contribution in [0, 0.1) is 0 Å². The Labute approximate surface area is 158 Å². The molecule has 0 aliphatic rings. The largest absolute Gasteiger partial charge is 0.465 e. The fourth-order valence-electron chi connectivity index (χ4n) is 3.27. The molecule has 3 heteroatoms. The number of fused-ring (bicyclic) bond motifs is 1. The van der Waals surface area contributed by atoms with Crippen molar-refractivity contribution >= 4 is 33.8 Å². The predicted octanol–water partition coefficient (Wildman–Crippen LogP) is 6.10. The number of ether oxygens (including phenoxy) is 1. The standard InChI is InChI=1S/C24H19NO2/c1-27-24(26)19-14-16-21(17-15-19)25(20-10-3-2-4-11-20)23-13-7-9-18-8-5-6-12-22(18)23/h2-17H,1H3. The second kappa shape index (κ2) is 7.34. The van der Waals surface area contributed by atoms with E-state index in [0.717, 1.165) is 17.1 Å². The zero-order valence-corrected chi connectivity index (χ0v) is 15.0. The topological polar surface area (TPSA) is 29.5 Å². The summed E-state index contributed by atoms with van der Waals surface area (Å²) in [5.74, 6) is -0.335. The molecule has 0 spiro atoms. The van der Waals surface area contributed by atoms with E-state index in [2.05, 4.69) is 53.4 Å². The van der Waals surface area contributed by atoms with Gasteiger partial charge in [0.05, 0.1) is 18.4 Å². The van der Waals surface area contributed by atoms with Crippen LogP contribution in [0.3, 0.4) is 0 Å². The molecule has 0 fully saturated rings. The average Bonchev–Trinajstić information content (AvgIpc) is 2.75. The number of esters is 1. The van der Waals surface area contributed by atoms with E-state index in [1.165, 1.54) is 17.9 Å². The Morgan fingerprint density at radius 2 is 1.33 bits per heavy atom. The fourth-order valence-corrected chi connectivity index (χ4v) is 3.27. The molecule has 132 valence electrons. The molecule has 0 amide bonds. The van der Waals surface area contributed by atoms with Crippen LogP contribution in [0.5, 0.6) is 0 Å². The van der Waals surface area contributed by atoms with Gasteiger partial charge in [0.2, 0.25) is 0 Å². The summed E-state index contributed by atoms with van der Waals surface area (Å²) in [5.41, 5.74) is 3.65. The maximum absolute atomic E-state index is 11.8. The van der Waals surface area contributed by atoms with Gasteiger partial charge >= 0.3 is 5.97 Å². The first-order chi connectivity index (χ1) is 13.3. The maximum atomic E-state index is 11.8. The third-order valence-electron chi connectivity index (χ3n) is 4.57. The van der Waals surface area contributed by atoms with Crippen LogP contribution in [0.2, 0.25) is 0 Å². The van der Waals surface area contributed by atoms with Crippen molar-refractivity contribution in [2.45, 2.75) is 0 Å². The van der Waals surface area contributed by atoms with E-state index in [1.807, 2.05) is 36.4 Å². The van der Waals surface area contributed by atoms with Crippen LogP contribution in [0.25, 0.3) is 10.8 Å². The number of nitrogens with zero attached hydrogens (tertiary/aromatic N) is 1. The summed E-state index contributed by atoms with van der Waals surface area (Å²) in [6.45, 7) is 0. The number of benzene rings is 4. The second-order valence-electron chi connectivity index (χ2n) is 6.21. The molecule has 0 saturated carbocycles. The van der Waals surface area contributed by atoms with Crippen LogP contribution in [-0.4, -0.2) is 13.1 Å². The van der Waals surface area contributed by atoms with Gasteiger partial charge < -0.3 is 9.64 Å². The number of rotatable bonds is 4. The molecule has 0 saturated heterocycles. The number of hydrogen-bond acceptors (Lipinski definition) is 3.